The van der Waals surface area contributed by atoms with Gasteiger partial charge in [0.2, 0.25) is 10.0 Å². The van der Waals surface area contributed by atoms with E-state index >= 15 is 0 Å². The van der Waals surface area contributed by atoms with Crippen molar-refractivity contribution in [1.29, 1.82) is 0 Å². The molecule has 8 heteroatoms. The van der Waals surface area contributed by atoms with Gasteiger partial charge in [-0.1, -0.05) is 29.8 Å². The van der Waals surface area contributed by atoms with Gasteiger partial charge in [0.1, 0.15) is 15.8 Å². The highest BCUT2D eigenvalue weighted by Gasteiger charge is 2.34. The summed E-state index contributed by atoms with van der Waals surface area (Å²) in [5, 5.41) is 4.28. The Labute approximate surface area is 153 Å². The van der Waals surface area contributed by atoms with Crippen molar-refractivity contribution in [3.63, 3.8) is 0 Å². The summed E-state index contributed by atoms with van der Waals surface area (Å²) in [6.07, 6.45) is 1.49. The first-order chi connectivity index (χ1) is 11.9. The van der Waals surface area contributed by atoms with Gasteiger partial charge in [0.25, 0.3) is 0 Å². The molecule has 1 fully saturated rings. The summed E-state index contributed by atoms with van der Waals surface area (Å²) in [6.45, 7) is 2.58. The van der Waals surface area contributed by atoms with Crippen molar-refractivity contribution < 1.29 is 13.2 Å². The molecule has 2 heterocycles. The van der Waals surface area contributed by atoms with Gasteiger partial charge in [-0.05, 0) is 37.3 Å². The fourth-order valence-corrected chi connectivity index (χ4v) is 5.62. The SMILES string of the molecule is COc1ccccc1C1CCN(S(=O)(=O)c2c(C)nn(C)c2Cl)CC1. The molecule has 1 aliphatic heterocycles. The number of aromatic nitrogens is 2. The molecule has 136 valence electrons. The summed E-state index contributed by atoms with van der Waals surface area (Å²) in [5.41, 5.74) is 1.57. The lowest BCUT2D eigenvalue weighted by molar-refractivity contribution is 0.313. The molecule has 6 nitrogen and oxygen atoms in total. The number of sulfonamides is 1. The van der Waals surface area contributed by atoms with Crippen molar-refractivity contribution in [2.75, 3.05) is 20.2 Å². The Kier molecular flexibility index (Phi) is 5.09. The number of hydrogen-bond acceptors (Lipinski definition) is 4. The lowest BCUT2D eigenvalue weighted by atomic mass is 9.89. The molecule has 0 radical (unpaired) electrons. The van der Waals surface area contributed by atoms with Crippen LogP contribution in [0.3, 0.4) is 0 Å². The van der Waals surface area contributed by atoms with Gasteiger partial charge in [0.05, 0.1) is 12.8 Å². The Morgan fingerprint density at radius 2 is 1.88 bits per heavy atom. The Morgan fingerprint density at radius 3 is 2.44 bits per heavy atom. The third-order valence-corrected chi connectivity index (χ3v) is 7.33. The van der Waals surface area contributed by atoms with Gasteiger partial charge in [-0.2, -0.15) is 9.40 Å². The first kappa shape index (κ1) is 18.2. The third-order valence-electron chi connectivity index (χ3n) is 4.73. The number of hydrogen-bond donors (Lipinski definition) is 0. The minimum absolute atomic E-state index is 0.118. The Bertz CT molecular complexity index is 871. The van der Waals surface area contributed by atoms with Gasteiger partial charge in [-0.25, -0.2) is 8.42 Å². The normalized spacial score (nSPS) is 17.0. The zero-order chi connectivity index (χ0) is 18.2. The van der Waals surface area contributed by atoms with Crippen molar-refractivity contribution in [3.8, 4) is 5.75 Å². The van der Waals surface area contributed by atoms with E-state index in [4.69, 9.17) is 16.3 Å². The monoisotopic (exact) mass is 383 g/mol. The molecule has 0 saturated carbocycles. The van der Waals surface area contributed by atoms with Crippen LogP contribution in [0.2, 0.25) is 5.15 Å². The standard InChI is InChI=1S/C17H22ClN3O3S/c1-12-16(17(18)20(2)19-12)25(22,23)21-10-8-13(9-11-21)14-6-4-5-7-15(14)24-3/h4-7,13H,8-11H2,1-3H3. The molecule has 1 saturated heterocycles. The van der Waals surface area contributed by atoms with E-state index in [-0.39, 0.29) is 16.0 Å². The first-order valence-corrected chi connectivity index (χ1v) is 10.00. The van der Waals surface area contributed by atoms with Gasteiger partial charge in [-0.3, -0.25) is 4.68 Å². The number of aryl methyl sites for hydroxylation is 2. The minimum atomic E-state index is -3.64. The molecule has 0 amide bonds. The van der Waals surface area contributed by atoms with Gasteiger partial charge in [-0.15, -0.1) is 0 Å². The molecule has 0 atom stereocenters. The maximum Gasteiger partial charge on any atom is 0.248 e. The topological polar surface area (TPSA) is 64.4 Å². The van der Waals surface area contributed by atoms with E-state index in [2.05, 4.69) is 11.2 Å². The molecule has 3 rings (SSSR count). The smallest absolute Gasteiger partial charge is 0.248 e. The summed E-state index contributed by atoms with van der Waals surface area (Å²) >= 11 is 6.16. The van der Waals surface area contributed by atoms with Crippen LogP contribution in [-0.4, -0.2) is 42.7 Å². The van der Waals surface area contributed by atoms with Crippen molar-refractivity contribution in [2.24, 2.45) is 7.05 Å². The number of ether oxygens (including phenoxy) is 1. The lowest BCUT2D eigenvalue weighted by Crippen LogP contribution is -2.38. The molecule has 0 aliphatic carbocycles. The summed E-state index contributed by atoms with van der Waals surface area (Å²) in [4.78, 5) is 0.118. The van der Waals surface area contributed by atoms with Crippen LogP contribution in [0, 0.1) is 6.92 Å². The van der Waals surface area contributed by atoms with E-state index in [0.717, 1.165) is 24.2 Å². The second kappa shape index (κ2) is 6.97. The van der Waals surface area contributed by atoms with Crippen LogP contribution >= 0.6 is 11.6 Å². The minimum Gasteiger partial charge on any atom is -0.496 e. The van der Waals surface area contributed by atoms with Crippen molar-refractivity contribution in [2.45, 2.75) is 30.6 Å². The molecule has 0 spiro atoms. The Morgan fingerprint density at radius 1 is 1.24 bits per heavy atom. The van der Waals surface area contributed by atoms with Crippen molar-refractivity contribution >= 4 is 21.6 Å². The van der Waals surface area contributed by atoms with Crippen LogP contribution in [0.5, 0.6) is 5.75 Å². The summed E-state index contributed by atoms with van der Waals surface area (Å²) in [7, 11) is -0.338. The molecule has 0 N–H and O–H groups in total. The quantitative estimate of drug-likeness (QED) is 0.814. The predicted octanol–water partition coefficient (Wildman–Crippen LogP) is 2.96. The fourth-order valence-electron chi connectivity index (χ4n) is 3.44. The third kappa shape index (κ3) is 3.28. The molecule has 1 aliphatic rings. The van der Waals surface area contributed by atoms with E-state index in [0.29, 0.717) is 18.8 Å². The highest BCUT2D eigenvalue weighted by Crippen LogP contribution is 2.36. The van der Waals surface area contributed by atoms with E-state index in [9.17, 15) is 8.42 Å². The van der Waals surface area contributed by atoms with Crippen LogP contribution in [0.4, 0.5) is 0 Å². The average molecular weight is 384 g/mol. The van der Waals surface area contributed by atoms with Crippen molar-refractivity contribution in [1.82, 2.24) is 14.1 Å². The molecule has 0 bridgehead atoms. The molecular formula is C17H22ClN3O3S. The number of halogens is 1. The number of para-hydroxylation sites is 1. The van der Waals surface area contributed by atoms with Crippen molar-refractivity contribution in [3.05, 3.63) is 40.7 Å². The van der Waals surface area contributed by atoms with E-state index in [1.165, 1.54) is 8.99 Å². The molecule has 2 aromatic rings. The highest BCUT2D eigenvalue weighted by molar-refractivity contribution is 7.89. The van der Waals surface area contributed by atoms with Gasteiger partial charge < -0.3 is 4.74 Å². The van der Waals surface area contributed by atoms with Crippen LogP contribution in [0.1, 0.15) is 30.0 Å². The number of benzene rings is 1. The molecule has 1 aromatic carbocycles. The zero-order valence-corrected chi connectivity index (χ0v) is 16.1. The number of piperidine rings is 1. The van der Waals surface area contributed by atoms with Gasteiger partial charge in [0, 0.05) is 20.1 Å². The fraction of sp³-hybridized carbons (Fsp3) is 0.471. The number of nitrogens with zero attached hydrogens (tertiary/aromatic N) is 3. The molecular weight excluding hydrogens is 362 g/mol. The van der Waals surface area contributed by atoms with Gasteiger partial charge in [0.15, 0.2) is 0 Å². The predicted molar refractivity (Wildman–Crippen MR) is 96.7 cm³/mol. The Hall–Kier alpha value is -1.57. The maximum atomic E-state index is 13.0. The summed E-state index contributed by atoms with van der Waals surface area (Å²) in [6, 6.07) is 7.92. The van der Waals surface area contributed by atoms with Crippen LogP contribution < -0.4 is 4.74 Å². The second-order valence-electron chi connectivity index (χ2n) is 6.25. The number of rotatable bonds is 4. The highest BCUT2D eigenvalue weighted by atomic mass is 35.5. The van der Waals surface area contributed by atoms with Gasteiger partial charge >= 0.3 is 0 Å². The van der Waals surface area contributed by atoms with E-state index < -0.39 is 10.0 Å². The second-order valence-corrected chi connectivity index (χ2v) is 8.48. The largest absolute Gasteiger partial charge is 0.496 e. The molecule has 1 aromatic heterocycles. The summed E-state index contributed by atoms with van der Waals surface area (Å²) in [5.74, 6) is 1.14. The summed E-state index contributed by atoms with van der Waals surface area (Å²) < 4.78 is 34.3. The van der Waals surface area contributed by atoms with Crippen LogP contribution in [-0.2, 0) is 17.1 Å². The van der Waals surface area contributed by atoms with Crippen LogP contribution in [0.15, 0.2) is 29.2 Å². The van der Waals surface area contributed by atoms with E-state index in [1.54, 1.807) is 21.1 Å². The maximum absolute atomic E-state index is 13.0. The lowest BCUT2D eigenvalue weighted by Gasteiger charge is -2.31. The first-order valence-electron chi connectivity index (χ1n) is 8.18. The van der Waals surface area contributed by atoms with Crippen LogP contribution in [0.25, 0.3) is 0 Å². The molecule has 0 unspecified atom stereocenters. The average Bonchev–Trinajstić information content (AvgIpc) is 2.87. The zero-order valence-electron chi connectivity index (χ0n) is 14.6. The Balaban J connectivity index is 1.80. The number of methoxy groups -OCH3 is 1. The molecule has 25 heavy (non-hydrogen) atoms. The van der Waals surface area contributed by atoms with E-state index in [1.807, 2.05) is 18.2 Å².